The summed E-state index contributed by atoms with van der Waals surface area (Å²) in [6.45, 7) is 6.31. The normalized spacial score (nSPS) is 12.3. The average Bonchev–Trinajstić information content (AvgIpc) is 2.54. The van der Waals surface area contributed by atoms with E-state index in [9.17, 15) is 18.0 Å². The molecule has 0 fully saturated rings. The Hall–Kier alpha value is -2.67. The van der Waals surface area contributed by atoms with Crippen molar-refractivity contribution in [2.75, 3.05) is 4.72 Å². The summed E-state index contributed by atoms with van der Waals surface area (Å²) in [5.74, 6) is -1.03. The van der Waals surface area contributed by atoms with Gasteiger partial charge in [0.15, 0.2) is 11.9 Å². The second-order valence-electron chi connectivity index (χ2n) is 6.11. The molecule has 0 saturated carbocycles. The van der Waals surface area contributed by atoms with E-state index in [0.717, 1.165) is 5.56 Å². The fourth-order valence-electron chi connectivity index (χ4n) is 2.22. The minimum absolute atomic E-state index is 0.0629. The number of anilines is 1. The molecule has 6 nitrogen and oxygen atoms in total. The lowest BCUT2D eigenvalue weighted by Gasteiger charge is -2.13. The highest BCUT2D eigenvalue weighted by atomic mass is 32.2. The van der Waals surface area contributed by atoms with E-state index in [2.05, 4.69) is 4.72 Å². The number of Topliss-reactive ketones (excluding diaryl/α,β-unsaturated/α-hetero) is 1. The number of hydrogen-bond donors (Lipinski definition) is 1. The van der Waals surface area contributed by atoms with Crippen molar-refractivity contribution in [3.05, 3.63) is 59.2 Å². The van der Waals surface area contributed by atoms with Crippen LogP contribution in [-0.4, -0.2) is 26.3 Å². The summed E-state index contributed by atoms with van der Waals surface area (Å²) in [6.07, 6.45) is -0.896. The highest BCUT2D eigenvalue weighted by molar-refractivity contribution is 7.92. The van der Waals surface area contributed by atoms with E-state index in [0.29, 0.717) is 11.3 Å². The lowest BCUT2D eigenvalue weighted by atomic mass is 10.1. The molecule has 26 heavy (non-hydrogen) atoms. The van der Waals surface area contributed by atoms with Gasteiger partial charge in [0.25, 0.3) is 10.0 Å². The van der Waals surface area contributed by atoms with E-state index in [4.69, 9.17) is 4.74 Å². The van der Waals surface area contributed by atoms with Gasteiger partial charge < -0.3 is 4.74 Å². The molecule has 2 aromatic carbocycles. The van der Waals surface area contributed by atoms with Crippen molar-refractivity contribution in [1.82, 2.24) is 0 Å². The van der Waals surface area contributed by atoms with Crippen LogP contribution in [0.2, 0.25) is 0 Å². The van der Waals surface area contributed by atoms with Crippen LogP contribution in [0.25, 0.3) is 0 Å². The molecule has 0 heterocycles. The van der Waals surface area contributed by atoms with Gasteiger partial charge in [0.1, 0.15) is 0 Å². The molecular weight excluding hydrogens is 354 g/mol. The minimum atomic E-state index is -3.87. The van der Waals surface area contributed by atoms with Crippen LogP contribution in [-0.2, 0) is 19.6 Å². The average molecular weight is 375 g/mol. The molecule has 0 aliphatic rings. The van der Waals surface area contributed by atoms with Crippen LogP contribution < -0.4 is 4.72 Å². The SMILES string of the molecule is CC(=O)C(C)OC(=O)c1cc(S(=O)(=O)Nc2cccc(C)c2)ccc1C. The fraction of sp³-hybridized carbons (Fsp3) is 0.263. The highest BCUT2D eigenvalue weighted by Gasteiger charge is 2.21. The number of nitrogens with one attached hydrogen (secondary N) is 1. The number of ketones is 1. The molecule has 2 rings (SSSR count). The molecule has 2 aromatic rings. The van der Waals surface area contributed by atoms with Crippen molar-refractivity contribution in [2.24, 2.45) is 0 Å². The Bertz CT molecular complexity index is 950. The van der Waals surface area contributed by atoms with Crippen molar-refractivity contribution in [3.63, 3.8) is 0 Å². The highest BCUT2D eigenvalue weighted by Crippen LogP contribution is 2.21. The van der Waals surface area contributed by atoms with Crippen molar-refractivity contribution in [3.8, 4) is 0 Å². The first-order chi connectivity index (χ1) is 12.1. The number of aryl methyl sites for hydroxylation is 2. The van der Waals surface area contributed by atoms with Crippen molar-refractivity contribution in [2.45, 2.75) is 38.7 Å². The third-order valence-electron chi connectivity index (χ3n) is 3.87. The Balaban J connectivity index is 2.33. The third kappa shape index (κ3) is 4.70. The van der Waals surface area contributed by atoms with Gasteiger partial charge in [-0.05, 0) is 63.1 Å². The summed E-state index contributed by atoms with van der Waals surface area (Å²) in [4.78, 5) is 23.5. The Labute approximate surface area is 153 Å². The molecule has 0 aromatic heterocycles. The van der Waals surface area contributed by atoms with Crippen LogP contribution in [0.5, 0.6) is 0 Å². The zero-order valence-electron chi connectivity index (χ0n) is 15.1. The van der Waals surface area contributed by atoms with Gasteiger partial charge in [-0.15, -0.1) is 0 Å². The van der Waals surface area contributed by atoms with Gasteiger partial charge in [-0.25, -0.2) is 13.2 Å². The Morgan fingerprint density at radius 3 is 2.38 bits per heavy atom. The van der Waals surface area contributed by atoms with Gasteiger partial charge in [0, 0.05) is 5.69 Å². The van der Waals surface area contributed by atoms with Crippen LogP contribution in [0.15, 0.2) is 47.4 Å². The summed E-state index contributed by atoms with van der Waals surface area (Å²) in [5, 5.41) is 0. The predicted molar refractivity (Wildman–Crippen MR) is 98.7 cm³/mol. The number of ether oxygens (including phenoxy) is 1. The van der Waals surface area contributed by atoms with Gasteiger partial charge >= 0.3 is 5.97 Å². The summed E-state index contributed by atoms with van der Waals surface area (Å²) in [7, 11) is -3.87. The molecule has 0 saturated heterocycles. The first kappa shape index (κ1) is 19.7. The zero-order chi connectivity index (χ0) is 19.5. The molecule has 0 amide bonds. The number of esters is 1. The van der Waals surface area contributed by atoms with Gasteiger partial charge in [-0.1, -0.05) is 18.2 Å². The molecule has 0 bridgehead atoms. The molecule has 0 aliphatic carbocycles. The second kappa shape index (κ2) is 7.70. The Kier molecular flexibility index (Phi) is 5.82. The van der Waals surface area contributed by atoms with Crippen LogP contribution >= 0.6 is 0 Å². The van der Waals surface area contributed by atoms with Crippen molar-refractivity contribution >= 4 is 27.5 Å². The second-order valence-corrected chi connectivity index (χ2v) is 7.79. The summed E-state index contributed by atoms with van der Waals surface area (Å²) < 4.78 is 32.8. The quantitative estimate of drug-likeness (QED) is 0.783. The summed E-state index contributed by atoms with van der Waals surface area (Å²) >= 11 is 0. The maximum Gasteiger partial charge on any atom is 0.339 e. The predicted octanol–water partition coefficient (Wildman–Crippen LogP) is 3.24. The molecular formula is C19H21NO5S. The molecule has 0 radical (unpaired) electrons. The van der Waals surface area contributed by atoms with Crippen molar-refractivity contribution in [1.29, 1.82) is 0 Å². The van der Waals surface area contributed by atoms with E-state index in [1.54, 1.807) is 25.1 Å². The number of hydrogen-bond acceptors (Lipinski definition) is 5. The molecule has 1 N–H and O–H groups in total. The lowest BCUT2D eigenvalue weighted by molar-refractivity contribution is -0.124. The lowest BCUT2D eigenvalue weighted by Crippen LogP contribution is -2.22. The largest absolute Gasteiger partial charge is 0.451 e. The van der Waals surface area contributed by atoms with Gasteiger partial charge in [-0.3, -0.25) is 9.52 Å². The smallest absolute Gasteiger partial charge is 0.339 e. The minimum Gasteiger partial charge on any atom is -0.451 e. The molecule has 1 atom stereocenters. The van der Waals surface area contributed by atoms with Gasteiger partial charge in [-0.2, -0.15) is 0 Å². The Morgan fingerprint density at radius 1 is 1.08 bits per heavy atom. The number of carbonyl (C=O) groups excluding carboxylic acids is 2. The van der Waals surface area contributed by atoms with Gasteiger partial charge in [0.2, 0.25) is 0 Å². The van der Waals surface area contributed by atoms with E-state index in [-0.39, 0.29) is 16.2 Å². The summed E-state index contributed by atoms with van der Waals surface area (Å²) in [6, 6.07) is 11.1. The first-order valence-corrected chi connectivity index (χ1v) is 9.50. The van der Waals surface area contributed by atoms with E-state index < -0.39 is 22.1 Å². The van der Waals surface area contributed by atoms with Crippen LogP contribution in [0.1, 0.15) is 35.3 Å². The standard InChI is InChI=1S/C19H21NO5S/c1-12-6-5-7-16(10-12)20-26(23,24)17-9-8-13(2)18(11-17)19(22)25-15(4)14(3)21/h5-11,15,20H,1-4H3. The fourth-order valence-corrected chi connectivity index (χ4v) is 3.29. The van der Waals surface area contributed by atoms with Crippen LogP contribution in [0.3, 0.4) is 0 Å². The topological polar surface area (TPSA) is 89.5 Å². The molecule has 138 valence electrons. The zero-order valence-corrected chi connectivity index (χ0v) is 15.9. The van der Waals surface area contributed by atoms with E-state index >= 15 is 0 Å². The molecule has 1 unspecified atom stereocenters. The van der Waals surface area contributed by atoms with E-state index in [1.807, 2.05) is 13.0 Å². The molecule has 0 aliphatic heterocycles. The Morgan fingerprint density at radius 2 is 1.77 bits per heavy atom. The van der Waals surface area contributed by atoms with Gasteiger partial charge in [0.05, 0.1) is 10.5 Å². The number of carbonyl (C=O) groups is 2. The monoisotopic (exact) mass is 375 g/mol. The third-order valence-corrected chi connectivity index (χ3v) is 5.24. The number of benzene rings is 2. The summed E-state index contributed by atoms with van der Waals surface area (Å²) in [5.41, 5.74) is 2.00. The maximum absolute atomic E-state index is 12.6. The first-order valence-electron chi connectivity index (χ1n) is 8.02. The maximum atomic E-state index is 12.6. The number of rotatable bonds is 6. The van der Waals surface area contributed by atoms with Crippen LogP contribution in [0.4, 0.5) is 5.69 Å². The van der Waals surface area contributed by atoms with E-state index in [1.165, 1.54) is 32.0 Å². The number of sulfonamides is 1. The molecule has 0 spiro atoms. The van der Waals surface area contributed by atoms with Crippen LogP contribution in [0, 0.1) is 13.8 Å². The molecule has 7 heteroatoms. The van der Waals surface area contributed by atoms with Crippen molar-refractivity contribution < 1.29 is 22.7 Å².